The Hall–Kier alpha value is -0.580. The molecule has 1 rings (SSSR count). The summed E-state index contributed by atoms with van der Waals surface area (Å²) in [6, 6.07) is 0. The van der Waals surface area contributed by atoms with Crippen molar-refractivity contribution in [1.82, 2.24) is 0 Å². The first-order valence-corrected chi connectivity index (χ1v) is 3.93. The Morgan fingerprint density at radius 3 is 2.50 bits per heavy atom. The molecule has 0 aliphatic heterocycles. The summed E-state index contributed by atoms with van der Waals surface area (Å²) >= 11 is 0. The van der Waals surface area contributed by atoms with E-state index in [0.717, 1.165) is 0 Å². The topological polar surface area (TPSA) is 80.9 Å². The van der Waals surface area contributed by atoms with E-state index in [0.29, 0.717) is 12.0 Å². The predicted molar refractivity (Wildman–Crippen MR) is 42.5 cm³/mol. The second-order valence-corrected chi connectivity index (χ2v) is 3.25. The molecule has 0 aromatic carbocycles. The molecule has 4 nitrogen and oxygen atoms in total. The highest BCUT2D eigenvalue weighted by Gasteiger charge is 2.34. The van der Waals surface area contributed by atoms with E-state index in [9.17, 15) is 15.3 Å². The second kappa shape index (κ2) is 3.43. The molecule has 0 bridgehead atoms. The molecular weight excluding hydrogens is 160 g/mol. The van der Waals surface area contributed by atoms with Gasteiger partial charge in [0.05, 0.1) is 6.10 Å². The van der Waals surface area contributed by atoms with E-state index >= 15 is 0 Å². The van der Waals surface area contributed by atoms with Gasteiger partial charge < -0.3 is 20.4 Å². The van der Waals surface area contributed by atoms with E-state index in [1.54, 1.807) is 6.92 Å². The number of allylic oxidation sites excluding steroid dienone is 1. The van der Waals surface area contributed by atoms with Crippen molar-refractivity contribution < 1.29 is 20.4 Å². The molecule has 3 atom stereocenters. The highest BCUT2D eigenvalue weighted by Crippen LogP contribution is 2.28. The van der Waals surface area contributed by atoms with Gasteiger partial charge in [0.15, 0.2) is 0 Å². The van der Waals surface area contributed by atoms with E-state index in [1.165, 1.54) is 0 Å². The largest absolute Gasteiger partial charge is 0.510 e. The van der Waals surface area contributed by atoms with Crippen molar-refractivity contribution in [3.63, 3.8) is 0 Å². The van der Waals surface area contributed by atoms with Crippen LogP contribution < -0.4 is 0 Å². The maximum absolute atomic E-state index is 9.32. The quantitative estimate of drug-likeness (QED) is 0.434. The van der Waals surface area contributed by atoms with Crippen LogP contribution >= 0.6 is 0 Å². The third-order valence-electron chi connectivity index (χ3n) is 2.33. The summed E-state index contributed by atoms with van der Waals surface area (Å²) in [5.41, 5.74) is 0.631. The Bertz CT molecular complexity index is 199. The average molecular weight is 174 g/mol. The summed E-state index contributed by atoms with van der Waals surface area (Å²) in [6.07, 6.45) is -1.87. The SMILES string of the molecule is CC1=C(O)C(O)[C@@H](O)C(CO)C1. The van der Waals surface area contributed by atoms with Gasteiger partial charge in [-0.1, -0.05) is 0 Å². The Balaban J connectivity index is 2.83. The van der Waals surface area contributed by atoms with Crippen molar-refractivity contribution in [2.75, 3.05) is 6.61 Å². The molecule has 0 saturated heterocycles. The van der Waals surface area contributed by atoms with Crippen LogP contribution in [0.2, 0.25) is 0 Å². The van der Waals surface area contributed by atoms with Gasteiger partial charge in [-0.3, -0.25) is 0 Å². The van der Waals surface area contributed by atoms with E-state index in [2.05, 4.69) is 0 Å². The van der Waals surface area contributed by atoms with Gasteiger partial charge in [-0.15, -0.1) is 0 Å². The van der Waals surface area contributed by atoms with Gasteiger partial charge in [-0.25, -0.2) is 0 Å². The van der Waals surface area contributed by atoms with Gasteiger partial charge >= 0.3 is 0 Å². The molecule has 0 amide bonds. The summed E-state index contributed by atoms with van der Waals surface area (Å²) in [5.74, 6) is -0.525. The van der Waals surface area contributed by atoms with Gasteiger partial charge in [0.25, 0.3) is 0 Å². The number of hydrogen-bond acceptors (Lipinski definition) is 4. The zero-order chi connectivity index (χ0) is 9.30. The number of aliphatic hydroxyl groups excluding tert-OH is 4. The summed E-state index contributed by atoms with van der Waals surface area (Å²) in [7, 11) is 0. The highest BCUT2D eigenvalue weighted by atomic mass is 16.4. The van der Waals surface area contributed by atoms with Crippen LogP contribution in [0.4, 0.5) is 0 Å². The summed E-state index contributed by atoms with van der Waals surface area (Å²) in [4.78, 5) is 0. The lowest BCUT2D eigenvalue weighted by Crippen LogP contribution is -2.40. The molecule has 0 radical (unpaired) electrons. The smallest absolute Gasteiger partial charge is 0.137 e. The van der Waals surface area contributed by atoms with Crippen molar-refractivity contribution in [3.05, 3.63) is 11.3 Å². The zero-order valence-electron chi connectivity index (χ0n) is 6.94. The molecule has 0 aromatic rings. The van der Waals surface area contributed by atoms with Crippen LogP contribution in [0.5, 0.6) is 0 Å². The predicted octanol–water partition coefficient (Wildman–Crippen LogP) is -0.448. The minimum atomic E-state index is -1.24. The van der Waals surface area contributed by atoms with Crippen molar-refractivity contribution in [2.45, 2.75) is 25.6 Å². The zero-order valence-corrected chi connectivity index (χ0v) is 6.94. The first-order chi connectivity index (χ1) is 5.57. The number of aliphatic hydroxyl groups is 4. The first kappa shape index (κ1) is 9.51. The average Bonchev–Trinajstić information content (AvgIpc) is 2.08. The Morgan fingerprint density at radius 1 is 1.42 bits per heavy atom. The normalized spacial score (nSPS) is 37.2. The van der Waals surface area contributed by atoms with Gasteiger partial charge in [0.1, 0.15) is 11.9 Å². The van der Waals surface area contributed by atoms with Crippen molar-refractivity contribution in [2.24, 2.45) is 5.92 Å². The van der Waals surface area contributed by atoms with Gasteiger partial charge in [0.2, 0.25) is 0 Å². The lowest BCUT2D eigenvalue weighted by atomic mass is 9.84. The maximum Gasteiger partial charge on any atom is 0.137 e. The standard InChI is InChI=1S/C8H14O4/c1-4-2-5(3-9)7(11)8(12)6(4)10/h5,7-12H,2-3H2,1H3/t5?,7-,8?/m0/s1. The monoisotopic (exact) mass is 174 g/mol. The minimum absolute atomic E-state index is 0.160. The van der Waals surface area contributed by atoms with E-state index in [-0.39, 0.29) is 18.3 Å². The molecule has 4 heteroatoms. The Kier molecular flexibility index (Phi) is 2.72. The van der Waals surface area contributed by atoms with Gasteiger partial charge in [-0.2, -0.15) is 0 Å². The molecule has 0 fully saturated rings. The molecule has 0 aromatic heterocycles. The Labute approximate surface area is 70.8 Å². The van der Waals surface area contributed by atoms with Gasteiger partial charge in [0, 0.05) is 12.5 Å². The van der Waals surface area contributed by atoms with Crippen molar-refractivity contribution >= 4 is 0 Å². The molecular formula is C8H14O4. The minimum Gasteiger partial charge on any atom is -0.510 e. The first-order valence-electron chi connectivity index (χ1n) is 3.93. The molecule has 4 N–H and O–H groups in total. The summed E-state index contributed by atoms with van der Waals surface area (Å²) in [5, 5.41) is 36.6. The summed E-state index contributed by atoms with van der Waals surface area (Å²) < 4.78 is 0. The number of rotatable bonds is 1. The molecule has 12 heavy (non-hydrogen) atoms. The third kappa shape index (κ3) is 1.46. The lowest BCUT2D eigenvalue weighted by molar-refractivity contribution is -0.0417. The van der Waals surface area contributed by atoms with E-state index in [1.807, 2.05) is 0 Å². The third-order valence-corrected chi connectivity index (χ3v) is 2.33. The molecule has 1 aliphatic rings. The molecule has 0 heterocycles. The van der Waals surface area contributed by atoms with Crippen LogP contribution in [0.25, 0.3) is 0 Å². The van der Waals surface area contributed by atoms with Crippen LogP contribution in [0.15, 0.2) is 11.3 Å². The lowest BCUT2D eigenvalue weighted by Gasteiger charge is -2.30. The van der Waals surface area contributed by atoms with Crippen LogP contribution in [0.3, 0.4) is 0 Å². The van der Waals surface area contributed by atoms with Crippen molar-refractivity contribution in [1.29, 1.82) is 0 Å². The van der Waals surface area contributed by atoms with Gasteiger partial charge in [-0.05, 0) is 18.9 Å². The van der Waals surface area contributed by atoms with E-state index in [4.69, 9.17) is 5.11 Å². The van der Waals surface area contributed by atoms with Crippen molar-refractivity contribution in [3.8, 4) is 0 Å². The van der Waals surface area contributed by atoms with Crippen LogP contribution in [0, 0.1) is 5.92 Å². The molecule has 70 valence electrons. The van der Waals surface area contributed by atoms with Crippen LogP contribution in [-0.4, -0.2) is 39.2 Å². The fourth-order valence-electron chi connectivity index (χ4n) is 1.46. The number of hydrogen-bond donors (Lipinski definition) is 4. The fraction of sp³-hybridized carbons (Fsp3) is 0.750. The molecule has 1 aliphatic carbocycles. The summed E-state index contributed by atoms with van der Waals surface area (Å²) in [6.45, 7) is 1.50. The van der Waals surface area contributed by atoms with E-state index < -0.39 is 12.2 Å². The highest BCUT2D eigenvalue weighted by molar-refractivity contribution is 5.16. The van der Waals surface area contributed by atoms with Crippen LogP contribution in [-0.2, 0) is 0 Å². The molecule has 0 saturated carbocycles. The molecule has 0 spiro atoms. The molecule has 2 unspecified atom stereocenters. The van der Waals surface area contributed by atoms with Crippen LogP contribution in [0.1, 0.15) is 13.3 Å². The second-order valence-electron chi connectivity index (χ2n) is 3.25. The fourth-order valence-corrected chi connectivity index (χ4v) is 1.46. The Morgan fingerprint density at radius 2 is 2.00 bits per heavy atom. The maximum atomic E-state index is 9.32.